The van der Waals surface area contributed by atoms with Crippen molar-refractivity contribution < 1.29 is 4.79 Å². The number of anilines is 1. The summed E-state index contributed by atoms with van der Waals surface area (Å²) in [5, 5.41) is 0. The summed E-state index contributed by atoms with van der Waals surface area (Å²) in [6, 6.07) is 11.5. The molecule has 1 aliphatic rings. The van der Waals surface area contributed by atoms with Crippen molar-refractivity contribution >= 4 is 11.9 Å². The summed E-state index contributed by atoms with van der Waals surface area (Å²) in [6.45, 7) is 6.28. The average molecular weight is 310 g/mol. The number of rotatable bonds is 3. The molecule has 5 heteroatoms. The maximum Gasteiger partial charge on any atom is 0.267 e. The van der Waals surface area contributed by atoms with Crippen molar-refractivity contribution in [1.29, 1.82) is 0 Å². The van der Waals surface area contributed by atoms with Crippen molar-refractivity contribution in [3.8, 4) is 11.3 Å². The molecule has 1 aliphatic heterocycles. The van der Waals surface area contributed by atoms with Gasteiger partial charge in [0, 0.05) is 18.7 Å². The number of carbonyl (C=O) groups excluding carboxylic acids is 1. The second-order valence-electron chi connectivity index (χ2n) is 6.52. The maximum atomic E-state index is 11.7. The Morgan fingerprint density at radius 1 is 1.13 bits per heavy atom. The molecular weight excluding hydrogens is 288 g/mol. The molecule has 5 nitrogen and oxygen atoms in total. The lowest BCUT2D eigenvalue weighted by Gasteiger charge is -2.35. The Morgan fingerprint density at radius 3 is 2.39 bits per heavy atom. The number of benzene rings is 1. The lowest BCUT2D eigenvalue weighted by atomic mass is 9.92. The molecule has 2 atom stereocenters. The zero-order valence-electron chi connectivity index (χ0n) is 13.6. The van der Waals surface area contributed by atoms with E-state index >= 15 is 0 Å². The zero-order valence-corrected chi connectivity index (χ0v) is 13.6. The molecule has 1 amide bonds. The van der Waals surface area contributed by atoms with Crippen LogP contribution in [0, 0.1) is 11.8 Å². The molecule has 0 saturated carbocycles. The Labute approximate surface area is 136 Å². The van der Waals surface area contributed by atoms with Gasteiger partial charge in [-0.1, -0.05) is 44.2 Å². The third kappa shape index (κ3) is 3.50. The van der Waals surface area contributed by atoms with Gasteiger partial charge >= 0.3 is 0 Å². The molecule has 3 rings (SSSR count). The summed E-state index contributed by atoms with van der Waals surface area (Å²) < 4.78 is 0. The van der Waals surface area contributed by atoms with Crippen molar-refractivity contribution in [2.45, 2.75) is 20.3 Å². The van der Waals surface area contributed by atoms with Crippen LogP contribution in [0.2, 0.25) is 0 Å². The zero-order chi connectivity index (χ0) is 16.4. The first-order chi connectivity index (χ1) is 11.0. The summed E-state index contributed by atoms with van der Waals surface area (Å²) >= 11 is 0. The van der Waals surface area contributed by atoms with E-state index in [1.54, 1.807) is 6.07 Å². The minimum atomic E-state index is -0.524. The highest BCUT2D eigenvalue weighted by Gasteiger charge is 2.24. The molecule has 2 N–H and O–H groups in total. The Kier molecular flexibility index (Phi) is 4.28. The van der Waals surface area contributed by atoms with Gasteiger partial charge in [-0.05, 0) is 24.3 Å². The third-order valence-electron chi connectivity index (χ3n) is 4.19. The molecule has 2 unspecified atom stereocenters. The van der Waals surface area contributed by atoms with Crippen LogP contribution in [0.25, 0.3) is 11.3 Å². The molecule has 0 spiro atoms. The molecule has 0 bridgehead atoms. The van der Waals surface area contributed by atoms with Gasteiger partial charge in [-0.2, -0.15) is 0 Å². The van der Waals surface area contributed by atoms with Crippen LogP contribution in [-0.4, -0.2) is 29.0 Å². The number of nitrogens with two attached hydrogens (primary N) is 1. The average Bonchev–Trinajstić information content (AvgIpc) is 2.54. The smallest absolute Gasteiger partial charge is 0.267 e. The standard InChI is InChI=1S/C18H22N4O/c1-12-8-13(2)11-22(10-12)18-20-15(9-16(21-18)17(19)23)14-6-4-3-5-7-14/h3-7,9,12-13H,8,10-11H2,1-2H3,(H2,19,23). The van der Waals surface area contributed by atoms with Crippen LogP contribution in [0.3, 0.4) is 0 Å². The van der Waals surface area contributed by atoms with Crippen molar-refractivity contribution in [1.82, 2.24) is 9.97 Å². The van der Waals surface area contributed by atoms with Crippen molar-refractivity contribution in [2.75, 3.05) is 18.0 Å². The number of hydrogen-bond acceptors (Lipinski definition) is 4. The highest BCUT2D eigenvalue weighted by Crippen LogP contribution is 2.26. The Hall–Kier alpha value is -2.43. The van der Waals surface area contributed by atoms with Crippen LogP contribution in [0.4, 0.5) is 5.95 Å². The molecule has 1 aromatic carbocycles. The highest BCUT2D eigenvalue weighted by atomic mass is 16.1. The van der Waals surface area contributed by atoms with Crippen molar-refractivity contribution in [3.05, 3.63) is 42.1 Å². The lowest BCUT2D eigenvalue weighted by molar-refractivity contribution is 0.0995. The largest absolute Gasteiger partial charge is 0.364 e. The normalized spacial score (nSPS) is 21.2. The Bertz CT molecular complexity index is 691. The van der Waals surface area contributed by atoms with Crippen LogP contribution < -0.4 is 10.6 Å². The predicted octanol–water partition coefficient (Wildman–Crippen LogP) is 2.72. The highest BCUT2D eigenvalue weighted by molar-refractivity contribution is 5.92. The first-order valence-corrected chi connectivity index (χ1v) is 8.02. The van der Waals surface area contributed by atoms with Gasteiger partial charge in [0.25, 0.3) is 5.91 Å². The maximum absolute atomic E-state index is 11.7. The van der Waals surface area contributed by atoms with Gasteiger partial charge in [0.2, 0.25) is 5.95 Å². The molecule has 23 heavy (non-hydrogen) atoms. The predicted molar refractivity (Wildman–Crippen MR) is 91.1 cm³/mol. The van der Waals surface area contributed by atoms with E-state index in [9.17, 15) is 4.79 Å². The molecule has 1 aromatic heterocycles. The van der Waals surface area contributed by atoms with Crippen LogP contribution in [0.5, 0.6) is 0 Å². The minimum Gasteiger partial charge on any atom is -0.364 e. The molecule has 2 aromatic rings. The summed E-state index contributed by atoms with van der Waals surface area (Å²) in [5.74, 6) is 1.24. The van der Waals surface area contributed by atoms with Gasteiger partial charge in [0.1, 0.15) is 5.69 Å². The molecular formula is C18H22N4O. The molecule has 120 valence electrons. The fourth-order valence-electron chi connectivity index (χ4n) is 3.29. The van der Waals surface area contributed by atoms with Gasteiger partial charge in [0.05, 0.1) is 5.69 Å². The quantitative estimate of drug-likeness (QED) is 0.946. The van der Waals surface area contributed by atoms with E-state index in [0.717, 1.165) is 24.3 Å². The Balaban J connectivity index is 2.03. The van der Waals surface area contributed by atoms with Crippen LogP contribution in [0.15, 0.2) is 36.4 Å². The number of primary amides is 1. The van der Waals surface area contributed by atoms with Crippen molar-refractivity contribution in [3.63, 3.8) is 0 Å². The van der Waals surface area contributed by atoms with E-state index in [4.69, 9.17) is 5.73 Å². The van der Waals surface area contributed by atoms with E-state index in [0.29, 0.717) is 17.8 Å². The molecule has 0 aliphatic carbocycles. The van der Waals surface area contributed by atoms with E-state index in [1.165, 1.54) is 6.42 Å². The van der Waals surface area contributed by atoms with Crippen LogP contribution >= 0.6 is 0 Å². The van der Waals surface area contributed by atoms with Crippen LogP contribution in [0.1, 0.15) is 30.8 Å². The fraction of sp³-hybridized carbons (Fsp3) is 0.389. The fourth-order valence-corrected chi connectivity index (χ4v) is 3.29. The molecule has 1 fully saturated rings. The number of amides is 1. The van der Waals surface area contributed by atoms with E-state index in [-0.39, 0.29) is 5.69 Å². The number of nitrogens with zero attached hydrogens (tertiary/aromatic N) is 3. The number of hydrogen-bond donors (Lipinski definition) is 1. The third-order valence-corrected chi connectivity index (χ3v) is 4.19. The first kappa shape index (κ1) is 15.5. The number of carbonyl (C=O) groups is 1. The second-order valence-corrected chi connectivity index (χ2v) is 6.52. The van der Waals surface area contributed by atoms with Gasteiger partial charge in [-0.15, -0.1) is 0 Å². The van der Waals surface area contributed by atoms with Gasteiger partial charge in [-0.3, -0.25) is 4.79 Å². The number of piperidine rings is 1. The van der Waals surface area contributed by atoms with E-state index < -0.39 is 5.91 Å². The minimum absolute atomic E-state index is 0.264. The van der Waals surface area contributed by atoms with Gasteiger partial charge in [-0.25, -0.2) is 9.97 Å². The molecule has 2 heterocycles. The second kappa shape index (κ2) is 6.36. The van der Waals surface area contributed by atoms with Crippen molar-refractivity contribution in [2.24, 2.45) is 17.6 Å². The van der Waals surface area contributed by atoms with E-state index in [2.05, 4.69) is 28.7 Å². The molecule has 1 saturated heterocycles. The summed E-state index contributed by atoms with van der Waals surface area (Å²) in [5.41, 5.74) is 7.42. The topological polar surface area (TPSA) is 72.1 Å². The van der Waals surface area contributed by atoms with Gasteiger partial charge < -0.3 is 10.6 Å². The monoisotopic (exact) mass is 310 g/mol. The Morgan fingerprint density at radius 2 is 1.78 bits per heavy atom. The lowest BCUT2D eigenvalue weighted by Crippen LogP contribution is -2.40. The van der Waals surface area contributed by atoms with Gasteiger partial charge in [0.15, 0.2) is 0 Å². The summed E-state index contributed by atoms with van der Waals surface area (Å²) in [6.07, 6.45) is 1.21. The first-order valence-electron chi connectivity index (χ1n) is 8.02. The van der Waals surface area contributed by atoms with E-state index in [1.807, 2.05) is 30.3 Å². The SMILES string of the molecule is CC1CC(C)CN(c2nc(C(N)=O)cc(-c3ccccc3)n2)C1. The molecule has 0 radical (unpaired) electrons. The number of aromatic nitrogens is 2. The summed E-state index contributed by atoms with van der Waals surface area (Å²) in [4.78, 5) is 22.9. The summed E-state index contributed by atoms with van der Waals surface area (Å²) in [7, 11) is 0. The van der Waals surface area contributed by atoms with Crippen LogP contribution in [-0.2, 0) is 0 Å².